The van der Waals surface area contributed by atoms with Crippen LogP contribution in [-0.2, 0) is 0 Å². The molecule has 2 rings (SSSR count). The van der Waals surface area contributed by atoms with Crippen molar-refractivity contribution in [3.8, 4) is 0 Å². The van der Waals surface area contributed by atoms with E-state index >= 15 is 0 Å². The first-order valence-corrected chi connectivity index (χ1v) is 6.94. The fraction of sp³-hybridized carbons (Fsp3) is 0.143. The average Bonchev–Trinajstić information content (AvgIpc) is 2.45. The molecule has 19 heavy (non-hydrogen) atoms. The maximum absolute atomic E-state index is 12.0. The summed E-state index contributed by atoms with van der Waals surface area (Å²) in [6.07, 6.45) is 0. The Bertz CT molecular complexity index is 610. The molecule has 1 aromatic heterocycles. The van der Waals surface area contributed by atoms with Gasteiger partial charge in [-0.15, -0.1) is 0 Å². The van der Waals surface area contributed by atoms with Crippen LogP contribution in [0.3, 0.4) is 0 Å². The molecule has 1 aromatic carbocycles. The Morgan fingerprint density at radius 2 is 1.89 bits per heavy atom. The number of carbonyl (C=O) groups is 1. The fourth-order valence-corrected chi connectivity index (χ4v) is 2.25. The Labute approximate surface area is 119 Å². The minimum Gasteiger partial charge on any atom is -0.343 e. The van der Waals surface area contributed by atoms with E-state index in [2.05, 4.69) is 26.2 Å². The number of pyridine rings is 1. The molecule has 0 radical (unpaired) electrons. The van der Waals surface area contributed by atoms with E-state index in [0.29, 0.717) is 5.33 Å². The second-order valence-electron chi connectivity index (χ2n) is 4.02. The van der Waals surface area contributed by atoms with Gasteiger partial charge < -0.3 is 10.3 Å². The number of hydrogen-bond acceptors (Lipinski definition) is 2. The van der Waals surface area contributed by atoms with Crippen LogP contribution in [0.2, 0.25) is 0 Å². The Balaban J connectivity index is 2.15. The van der Waals surface area contributed by atoms with Crippen molar-refractivity contribution in [3.63, 3.8) is 0 Å². The zero-order valence-electron chi connectivity index (χ0n) is 10.1. The predicted octanol–water partition coefficient (Wildman–Crippen LogP) is 2.24. The number of benzene rings is 1. The van der Waals surface area contributed by atoms with E-state index in [4.69, 9.17) is 0 Å². The van der Waals surface area contributed by atoms with Crippen molar-refractivity contribution in [2.75, 3.05) is 5.33 Å². The van der Waals surface area contributed by atoms with E-state index in [1.807, 2.05) is 30.3 Å². The molecule has 0 spiro atoms. The van der Waals surface area contributed by atoms with Gasteiger partial charge in [-0.2, -0.15) is 0 Å². The minimum absolute atomic E-state index is 0.141. The van der Waals surface area contributed by atoms with Crippen LogP contribution in [0.25, 0.3) is 0 Å². The third-order valence-corrected chi connectivity index (χ3v) is 3.32. The molecule has 0 fully saturated rings. The largest absolute Gasteiger partial charge is 0.343 e. The van der Waals surface area contributed by atoms with Crippen molar-refractivity contribution in [2.45, 2.75) is 6.04 Å². The topological polar surface area (TPSA) is 62.0 Å². The van der Waals surface area contributed by atoms with Crippen LogP contribution in [0.5, 0.6) is 0 Å². The third kappa shape index (κ3) is 3.54. The van der Waals surface area contributed by atoms with E-state index in [-0.39, 0.29) is 23.2 Å². The molecule has 4 nitrogen and oxygen atoms in total. The maximum atomic E-state index is 12.0. The molecule has 1 amide bonds. The van der Waals surface area contributed by atoms with Crippen LogP contribution in [0.4, 0.5) is 0 Å². The second kappa shape index (κ2) is 6.33. The lowest BCUT2D eigenvalue weighted by atomic mass is 10.1. The first-order valence-electron chi connectivity index (χ1n) is 5.82. The van der Waals surface area contributed by atoms with Gasteiger partial charge in [0.1, 0.15) is 5.69 Å². The highest BCUT2D eigenvalue weighted by Gasteiger charge is 2.14. The lowest BCUT2D eigenvalue weighted by Crippen LogP contribution is -2.31. The Morgan fingerprint density at radius 1 is 1.16 bits per heavy atom. The van der Waals surface area contributed by atoms with Gasteiger partial charge in [0.2, 0.25) is 5.56 Å². The van der Waals surface area contributed by atoms with Crippen molar-refractivity contribution in [3.05, 3.63) is 70.1 Å². The summed E-state index contributed by atoms with van der Waals surface area (Å²) in [6, 6.07) is 14.0. The first kappa shape index (κ1) is 13.5. The van der Waals surface area contributed by atoms with Gasteiger partial charge in [-0.25, -0.2) is 0 Å². The molecule has 0 saturated heterocycles. The smallest absolute Gasteiger partial charge is 0.268 e. The summed E-state index contributed by atoms with van der Waals surface area (Å²) in [5.41, 5.74) is 0.975. The summed E-state index contributed by atoms with van der Waals surface area (Å²) < 4.78 is 0. The summed E-state index contributed by atoms with van der Waals surface area (Å²) >= 11 is 3.38. The summed E-state index contributed by atoms with van der Waals surface area (Å²) in [7, 11) is 0. The molecule has 2 aromatic rings. The quantitative estimate of drug-likeness (QED) is 0.849. The highest BCUT2D eigenvalue weighted by Crippen LogP contribution is 2.15. The molecule has 0 saturated carbocycles. The van der Waals surface area contributed by atoms with Crippen molar-refractivity contribution >= 4 is 21.8 Å². The average molecular weight is 321 g/mol. The number of hydrogen-bond donors (Lipinski definition) is 2. The molecule has 1 heterocycles. The van der Waals surface area contributed by atoms with Gasteiger partial charge in [-0.3, -0.25) is 9.59 Å². The number of aromatic amines is 1. The molecular formula is C14H13BrN2O2. The van der Waals surface area contributed by atoms with Crippen molar-refractivity contribution in [1.82, 2.24) is 10.3 Å². The van der Waals surface area contributed by atoms with Gasteiger partial charge in [0.05, 0.1) is 6.04 Å². The van der Waals surface area contributed by atoms with E-state index in [9.17, 15) is 9.59 Å². The highest BCUT2D eigenvalue weighted by molar-refractivity contribution is 9.09. The van der Waals surface area contributed by atoms with Gasteiger partial charge in [0.25, 0.3) is 5.91 Å². The normalized spacial score (nSPS) is 11.8. The molecule has 0 aliphatic heterocycles. The summed E-state index contributed by atoms with van der Waals surface area (Å²) in [5, 5.41) is 3.47. The fourth-order valence-electron chi connectivity index (χ4n) is 1.71. The van der Waals surface area contributed by atoms with Crippen LogP contribution in [0.1, 0.15) is 22.1 Å². The molecule has 0 aliphatic rings. The summed E-state index contributed by atoms with van der Waals surface area (Å²) in [4.78, 5) is 25.7. The number of H-pyrrole nitrogens is 1. The van der Waals surface area contributed by atoms with Gasteiger partial charge in [-0.05, 0) is 11.6 Å². The van der Waals surface area contributed by atoms with Crippen LogP contribution in [-0.4, -0.2) is 16.2 Å². The van der Waals surface area contributed by atoms with Crippen LogP contribution in [0, 0.1) is 0 Å². The number of amides is 1. The standard InChI is InChI=1S/C14H13BrN2O2/c15-9-12(10-5-2-1-3-6-10)17-14(19)11-7-4-8-13(18)16-11/h1-8,12H,9H2,(H,16,18)(H,17,19). The molecule has 1 atom stereocenters. The number of nitrogens with one attached hydrogen (secondary N) is 2. The third-order valence-electron chi connectivity index (χ3n) is 2.67. The molecule has 1 unspecified atom stereocenters. The van der Waals surface area contributed by atoms with Crippen LogP contribution < -0.4 is 10.9 Å². The van der Waals surface area contributed by atoms with E-state index < -0.39 is 0 Å². The number of rotatable bonds is 4. The zero-order chi connectivity index (χ0) is 13.7. The Hall–Kier alpha value is -1.88. The van der Waals surface area contributed by atoms with E-state index in [1.54, 1.807) is 12.1 Å². The summed E-state index contributed by atoms with van der Waals surface area (Å²) in [5.74, 6) is -0.300. The zero-order valence-corrected chi connectivity index (χ0v) is 11.7. The SMILES string of the molecule is O=C(NC(CBr)c1ccccc1)c1cccc(=O)[nH]1. The number of alkyl halides is 1. The molecule has 0 aliphatic carbocycles. The van der Waals surface area contributed by atoms with Gasteiger partial charge in [-0.1, -0.05) is 52.3 Å². The van der Waals surface area contributed by atoms with Crippen LogP contribution >= 0.6 is 15.9 Å². The highest BCUT2D eigenvalue weighted by atomic mass is 79.9. The van der Waals surface area contributed by atoms with Gasteiger partial charge in [0, 0.05) is 11.4 Å². The minimum atomic E-state index is -0.300. The van der Waals surface area contributed by atoms with E-state index in [0.717, 1.165) is 5.56 Å². The van der Waals surface area contributed by atoms with Crippen LogP contribution in [0.15, 0.2) is 53.3 Å². The van der Waals surface area contributed by atoms with Crippen molar-refractivity contribution < 1.29 is 4.79 Å². The second-order valence-corrected chi connectivity index (χ2v) is 4.67. The molecule has 5 heteroatoms. The number of aromatic nitrogens is 1. The Morgan fingerprint density at radius 3 is 2.53 bits per heavy atom. The van der Waals surface area contributed by atoms with E-state index in [1.165, 1.54) is 6.07 Å². The van der Waals surface area contributed by atoms with Gasteiger partial charge >= 0.3 is 0 Å². The van der Waals surface area contributed by atoms with Gasteiger partial charge in [0.15, 0.2) is 0 Å². The molecular weight excluding hydrogens is 308 g/mol. The Kier molecular flexibility index (Phi) is 4.52. The molecule has 2 N–H and O–H groups in total. The lowest BCUT2D eigenvalue weighted by Gasteiger charge is -2.16. The monoisotopic (exact) mass is 320 g/mol. The number of carbonyl (C=O) groups excluding carboxylic acids is 1. The number of halogens is 1. The van der Waals surface area contributed by atoms with Crippen molar-refractivity contribution in [2.24, 2.45) is 0 Å². The first-order chi connectivity index (χ1) is 9.20. The summed E-state index contributed by atoms with van der Waals surface area (Å²) in [6.45, 7) is 0. The van der Waals surface area contributed by atoms with Crippen molar-refractivity contribution in [1.29, 1.82) is 0 Å². The molecule has 98 valence electrons. The molecule has 0 bridgehead atoms. The maximum Gasteiger partial charge on any atom is 0.268 e. The predicted molar refractivity (Wildman–Crippen MR) is 77.5 cm³/mol. The lowest BCUT2D eigenvalue weighted by molar-refractivity contribution is 0.0935.